The Balaban J connectivity index is 1.54. The van der Waals surface area contributed by atoms with Gasteiger partial charge in [0.05, 0.1) is 35.8 Å². The van der Waals surface area contributed by atoms with E-state index in [2.05, 4.69) is 10.3 Å². The molecule has 3 heterocycles. The minimum atomic E-state index is -0.986. The number of piperidine rings is 1. The highest BCUT2D eigenvalue weighted by atomic mass is 19.1. The number of aromatic nitrogens is 2. The zero-order valence-electron chi connectivity index (χ0n) is 17.6. The number of hydrogen-bond donors (Lipinski definition) is 2. The molecule has 2 aromatic carbocycles. The molecule has 5 rings (SSSR count). The number of nitrogens with one attached hydrogen (secondary N) is 1. The standard InChI is InChI=1S/C23H21F2N5O3/c24-15-1-2-16(27)14(10-26)21(15)33-18-4-3-17-19(20(18)25)22(31)30(12-29-17)13-9-23(32-11-13)5-7-28-8-6-23/h1-4,12-13,28H,5-9,11,27H2/t13-/m1/s1. The van der Waals surface area contributed by atoms with E-state index in [1.54, 1.807) is 6.07 Å². The molecular formula is C23H21F2N5O3. The van der Waals surface area contributed by atoms with Crippen molar-refractivity contribution in [3.8, 4) is 17.6 Å². The molecule has 33 heavy (non-hydrogen) atoms. The minimum Gasteiger partial charge on any atom is -0.450 e. The number of nitrogens with zero attached hydrogens (tertiary/aromatic N) is 3. The Morgan fingerprint density at radius 3 is 2.82 bits per heavy atom. The summed E-state index contributed by atoms with van der Waals surface area (Å²) in [5.74, 6) is -2.77. The van der Waals surface area contributed by atoms with Gasteiger partial charge >= 0.3 is 0 Å². The fraction of sp³-hybridized carbons (Fsp3) is 0.348. The molecule has 0 radical (unpaired) electrons. The van der Waals surface area contributed by atoms with Crippen LogP contribution in [-0.4, -0.2) is 34.8 Å². The molecule has 10 heteroatoms. The van der Waals surface area contributed by atoms with Crippen LogP contribution in [0.25, 0.3) is 10.9 Å². The predicted molar refractivity (Wildman–Crippen MR) is 116 cm³/mol. The molecule has 2 fully saturated rings. The van der Waals surface area contributed by atoms with E-state index in [-0.39, 0.29) is 33.8 Å². The van der Waals surface area contributed by atoms with Crippen molar-refractivity contribution in [1.29, 1.82) is 5.26 Å². The average molecular weight is 453 g/mol. The van der Waals surface area contributed by atoms with Crippen molar-refractivity contribution in [2.24, 2.45) is 0 Å². The Bertz CT molecular complexity index is 1340. The molecular weight excluding hydrogens is 432 g/mol. The van der Waals surface area contributed by atoms with Gasteiger partial charge in [-0.15, -0.1) is 0 Å². The highest BCUT2D eigenvalue weighted by molar-refractivity contribution is 5.80. The lowest BCUT2D eigenvalue weighted by molar-refractivity contribution is -0.0196. The van der Waals surface area contributed by atoms with Crippen LogP contribution in [0.3, 0.4) is 0 Å². The lowest BCUT2D eigenvalue weighted by Crippen LogP contribution is -2.41. The minimum absolute atomic E-state index is 0.00723. The molecule has 0 unspecified atom stereocenters. The fourth-order valence-electron chi connectivity index (χ4n) is 4.63. The molecule has 0 aliphatic carbocycles. The molecule has 170 valence electrons. The number of hydrogen-bond acceptors (Lipinski definition) is 7. The summed E-state index contributed by atoms with van der Waals surface area (Å²) in [6, 6.07) is 6.38. The third kappa shape index (κ3) is 3.59. The summed E-state index contributed by atoms with van der Waals surface area (Å²) in [5.41, 5.74) is 4.74. The third-order valence-corrected chi connectivity index (χ3v) is 6.42. The van der Waals surface area contributed by atoms with E-state index in [4.69, 9.17) is 15.2 Å². The number of ether oxygens (including phenoxy) is 2. The van der Waals surface area contributed by atoms with Crippen LogP contribution in [0.4, 0.5) is 14.5 Å². The van der Waals surface area contributed by atoms with Gasteiger partial charge in [0.1, 0.15) is 17.0 Å². The molecule has 0 saturated carbocycles. The molecule has 2 saturated heterocycles. The maximum Gasteiger partial charge on any atom is 0.264 e. The number of nitrogens with two attached hydrogens (primary N) is 1. The molecule has 2 aliphatic rings. The van der Waals surface area contributed by atoms with Crippen LogP contribution < -0.4 is 21.3 Å². The second-order valence-electron chi connectivity index (χ2n) is 8.39. The van der Waals surface area contributed by atoms with Crippen LogP contribution in [-0.2, 0) is 4.74 Å². The first-order valence-electron chi connectivity index (χ1n) is 10.6. The first kappa shape index (κ1) is 21.3. The van der Waals surface area contributed by atoms with Crippen LogP contribution in [0.1, 0.15) is 30.9 Å². The van der Waals surface area contributed by atoms with Gasteiger partial charge < -0.3 is 20.5 Å². The van der Waals surface area contributed by atoms with E-state index in [9.17, 15) is 14.4 Å². The number of halogens is 2. The SMILES string of the molecule is N#Cc1c(N)ccc(F)c1Oc1ccc2ncn([C@H]3COC4(CCNCC4)C3)c(=O)c2c1F. The van der Waals surface area contributed by atoms with Gasteiger partial charge in [0.2, 0.25) is 0 Å². The van der Waals surface area contributed by atoms with Crippen LogP contribution in [0.5, 0.6) is 11.5 Å². The van der Waals surface area contributed by atoms with Gasteiger partial charge in [-0.3, -0.25) is 9.36 Å². The number of nitrogen functional groups attached to an aromatic ring is 1. The number of rotatable bonds is 3. The summed E-state index contributed by atoms with van der Waals surface area (Å²) in [7, 11) is 0. The number of nitriles is 1. The highest BCUT2D eigenvalue weighted by Gasteiger charge is 2.42. The maximum atomic E-state index is 15.4. The quantitative estimate of drug-likeness (QED) is 0.586. The van der Waals surface area contributed by atoms with Crippen molar-refractivity contribution in [1.82, 2.24) is 14.9 Å². The molecule has 0 bridgehead atoms. The lowest BCUT2D eigenvalue weighted by Gasteiger charge is -2.32. The third-order valence-electron chi connectivity index (χ3n) is 6.42. The Morgan fingerprint density at radius 1 is 1.27 bits per heavy atom. The van der Waals surface area contributed by atoms with Crippen LogP contribution in [0, 0.1) is 23.0 Å². The van der Waals surface area contributed by atoms with Crippen LogP contribution in [0.15, 0.2) is 35.4 Å². The van der Waals surface area contributed by atoms with E-state index >= 15 is 4.39 Å². The van der Waals surface area contributed by atoms with E-state index in [1.165, 1.54) is 29.1 Å². The van der Waals surface area contributed by atoms with E-state index in [0.717, 1.165) is 32.0 Å². The summed E-state index contributed by atoms with van der Waals surface area (Å²) in [6.45, 7) is 2.03. The first-order chi connectivity index (χ1) is 15.9. The smallest absolute Gasteiger partial charge is 0.264 e. The zero-order chi connectivity index (χ0) is 23.2. The highest BCUT2D eigenvalue weighted by Crippen LogP contribution is 2.39. The predicted octanol–water partition coefficient (Wildman–Crippen LogP) is 3.00. The zero-order valence-corrected chi connectivity index (χ0v) is 17.6. The van der Waals surface area contributed by atoms with Gasteiger partial charge in [0, 0.05) is 0 Å². The van der Waals surface area contributed by atoms with Gasteiger partial charge in [-0.1, -0.05) is 0 Å². The van der Waals surface area contributed by atoms with Crippen molar-refractivity contribution in [3.05, 3.63) is 58.1 Å². The number of fused-ring (bicyclic) bond motifs is 1. The van der Waals surface area contributed by atoms with Gasteiger partial charge in [-0.2, -0.15) is 5.26 Å². The molecule has 3 N–H and O–H groups in total. The normalized spacial score (nSPS) is 19.6. The summed E-state index contributed by atoms with van der Waals surface area (Å²) >= 11 is 0. The molecule has 1 atom stereocenters. The van der Waals surface area contributed by atoms with E-state index in [1.807, 2.05) is 0 Å². The first-order valence-corrected chi connectivity index (χ1v) is 10.6. The fourth-order valence-corrected chi connectivity index (χ4v) is 4.63. The van der Waals surface area contributed by atoms with Gasteiger partial charge in [-0.05, 0) is 56.6 Å². The van der Waals surface area contributed by atoms with E-state index < -0.39 is 28.7 Å². The number of anilines is 1. The second kappa shape index (κ2) is 8.10. The van der Waals surface area contributed by atoms with Gasteiger partial charge in [-0.25, -0.2) is 13.8 Å². The van der Waals surface area contributed by atoms with E-state index in [0.29, 0.717) is 13.0 Å². The Morgan fingerprint density at radius 2 is 2.06 bits per heavy atom. The topological polar surface area (TPSA) is 115 Å². The van der Waals surface area contributed by atoms with Gasteiger partial charge in [0.15, 0.2) is 23.1 Å². The molecule has 0 amide bonds. The summed E-state index contributed by atoms with van der Waals surface area (Å²) < 4.78 is 42.6. The lowest BCUT2D eigenvalue weighted by atomic mass is 9.88. The van der Waals surface area contributed by atoms with Crippen molar-refractivity contribution < 1.29 is 18.3 Å². The summed E-state index contributed by atoms with van der Waals surface area (Å²) in [5, 5.41) is 12.3. The summed E-state index contributed by atoms with van der Waals surface area (Å²) in [6.07, 6.45) is 3.74. The second-order valence-corrected chi connectivity index (χ2v) is 8.39. The average Bonchev–Trinajstić information content (AvgIpc) is 3.21. The maximum absolute atomic E-state index is 15.4. The molecule has 3 aromatic rings. The monoisotopic (exact) mass is 453 g/mol. The molecule has 1 spiro atoms. The van der Waals surface area contributed by atoms with Crippen molar-refractivity contribution in [2.75, 3.05) is 25.4 Å². The van der Waals surface area contributed by atoms with Crippen LogP contribution >= 0.6 is 0 Å². The summed E-state index contributed by atoms with van der Waals surface area (Å²) in [4.78, 5) is 17.5. The largest absolute Gasteiger partial charge is 0.450 e. The van der Waals surface area contributed by atoms with Crippen molar-refractivity contribution in [3.63, 3.8) is 0 Å². The number of benzene rings is 2. The van der Waals surface area contributed by atoms with Crippen LogP contribution in [0.2, 0.25) is 0 Å². The van der Waals surface area contributed by atoms with Gasteiger partial charge in [0.25, 0.3) is 5.56 Å². The molecule has 2 aliphatic heterocycles. The van der Waals surface area contributed by atoms with Crippen molar-refractivity contribution in [2.45, 2.75) is 30.9 Å². The Hall–Kier alpha value is -3.55. The van der Waals surface area contributed by atoms with Crippen molar-refractivity contribution >= 4 is 16.6 Å². The Kier molecular flexibility index (Phi) is 5.23. The molecule has 8 nitrogen and oxygen atoms in total. The Labute approximate surface area is 187 Å². The molecule has 1 aromatic heterocycles.